The maximum absolute atomic E-state index is 9.09. The summed E-state index contributed by atoms with van der Waals surface area (Å²) in [5.41, 5.74) is 0. The first-order chi connectivity index (χ1) is 6.29. The molecule has 1 aliphatic heterocycles. The van der Waals surface area contributed by atoms with E-state index >= 15 is 0 Å². The van der Waals surface area contributed by atoms with E-state index in [2.05, 4.69) is 0 Å². The topological polar surface area (TPSA) is 58.9 Å². The van der Waals surface area contributed by atoms with Crippen LogP contribution in [0, 0.1) is 11.8 Å². The van der Waals surface area contributed by atoms with E-state index in [-0.39, 0.29) is 25.0 Å². The summed E-state index contributed by atoms with van der Waals surface area (Å²) in [4.78, 5) is 0. The Morgan fingerprint density at radius 1 is 1.00 bits per heavy atom. The summed E-state index contributed by atoms with van der Waals surface area (Å²) in [6.07, 6.45) is 1.43. The van der Waals surface area contributed by atoms with Crippen molar-refractivity contribution in [3.05, 3.63) is 0 Å². The molecule has 2 N–H and O–H groups in total. The molecule has 2 atom stereocenters. The lowest BCUT2D eigenvalue weighted by Crippen LogP contribution is -2.26. The fraction of sp³-hybridized carbons (Fsp3) is 1.00. The van der Waals surface area contributed by atoms with Crippen molar-refractivity contribution in [2.75, 3.05) is 26.4 Å². The summed E-state index contributed by atoms with van der Waals surface area (Å²) >= 11 is 0. The summed E-state index contributed by atoms with van der Waals surface area (Å²) in [5, 5.41) is 18.2. The van der Waals surface area contributed by atoms with Gasteiger partial charge in [-0.05, 0) is 11.8 Å². The predicted molar refractivity (Wildman–Crippen MR) is 45.0 cm³/mol. The van der Waals surface area contributed by atoms with Crippen molar-refractivity contribution >= 4 is 0 Å². The summed E-state index contributed by atoms with van der Waals surface area (Å²) in [6, 6.07) is 0. The smallest absolute Gasteiger partial charge is 0.169 e. The first-order valence-corrected chi connectivity index (χ1v) is 4.79. The molecule has 0 aromatic heterocycles. The van der Waals surface area contributed by atoms with Gasteiger partial charge in [-0.3, -0.25) is 0 Å². The number of ether oxygens (including phenoxy) is 2. The number of hydrogen-bond donors (Lipinski definition) is 2. The van der Waals surface area contributed by atoms with Gasteiger partial charge in [-0.2, -0.15) is 0 Å². The van der Waals surface area contributed by atoms with Crippen LogP contribution in [0.5, 0.6) is 0 Å². The number of aliphatic hydroxyl groups is 2. The lowest BCUT2D eigenvalue weighted by Gasteiger charge is -2.21. The van der Waals surface area contributed by atoms with E-state index in [0.717, 1.165) is 0 Å². The summed E-state index contributed by atoms with van der Waals surface area (Å²) in [6.45, 7) is 1.49. The predicted octanol–water partition coefficient (Wildman–Crippen LogP) is -0.260. The lowest BCUT2D eigenvalue weighted by molar-refractivity contribution is -0.155. The number of rotatable bonds is 2. The van der Waals surface area contributed by atoms with E-state index in [9.17, 15) is 0 Å². The normalized spacial score (nSPS) is 37.4. The molecule has 4 nitrogen and oxygen atoms in total. The minimum absolute atomic E-state index is 0.111. The van der Waals surface area contributed by atoms with Crippen molar-refractivity contribution in [2.24, 2.45) is 11.8 Å². The van der Waals surface area contributed by atoms with Crippen molar-refractivity contribution in [3.8, 4) is 0 Å². The first-order valence-electron chi connectivity index (χ1n) is 4.79. The minimum Gasteiger partial charge on any atom is -0.396 e. The number of aliphatic hydroxyl groups excluding tert-OH is 2. The molecular weight excluding hydrogens is 172 g/mol. The van der Waals surface area contributed by atoms with Crippen molar-refractivity contribution in [1.29, 1.82) is 0 Å². The van der Waals surface area contributed by atoms with Crippen molar-refractivity contribution < 1.29 is 19.7 Å². The second kappa shape index (κ2) is 3.53. The van der Waals surface area contributed by atoms with E-state index < -0.39 is 5.79 Å². The van der Waals surface area contributed by atoms with Crippen LogP contribution in [0.4, 0.5) is 0 Å². The highest BCUT2D eigenvalue weighted by Gasteiger charge is 2.48. The zero-order chi connectivity index (χ0) is 9.31. The summed E-state index contributed by atoms with van der Waals surface area (Å²) < 4.78 is 11.0. The molecule has 2 aliphatic rings. The Morgan fingerprint density at radius 2 is 1.46 bits per heavy atom. The molecule has 0 bridgehead atoms. The molecule has 13 heavy (non-hydrogen) atoms. The van der Waals surface area contributed by atoms with Crippen molar-refractivity contribution in [2.45, 2.75) is 18.6 Å². The van der Waals surface area contributed by atoms with Crippen LogP contribution in [0.1, 0.15) is 12.8 Å². The Hall–Kier alpha value is -0.160. The van der Waals surface area contributed by atoms with Gasteiger partial charge in [0, 0.05) is 26.1 Å². The van der Waals surface area contributed by atoms with Gasteiger partial charge >= 0.3 is 0 Å². The fourth-order valence-electron chi connectivity index (χ4n) is 2.38. The van der Waals surface area contributed by atoms with E-state index in [1.807, 2.05) is 0 Å². The highest BCUT2D eigenvalue weighted by Crippen LogP contribution is 2.44. The van der Waals surface area contributed by atoms with Crippen LogP contribution < -0.4 is 0 Å². The van der Waals surface area contributed by atoms with Crippen LogP contribution in [0.25, 0.3) is 0 Å². The molecule has 1 saturated heterocycles. The molecule has 1 heterocycles. The van der Waals surface area contributed by atoms with Gasteiger partial charge in [0.25, 0.3) is 0 Å². The fourth-order valence-corrected chi connectivity index (χ4v) is 2.38. The highest BCUT2D eigenvalue weighted by atomic mass is 16.7. The third-order valence-corrected chi connectivity index (χ3v) is 3.10. The Morgan fingerprint density at radius 3 is 1.85 bits per heavy atom. The molecule has 76 valence electrons. The number of hydrogen-bond acceptors (Lipinski definition) is 4. The van der Waals surface area contributed by atoms with Gasteiger partial charge in [-0.25, -0.2) is 0 Å². The average Bonchev–Trinajstić information content (AvgIpc) is 2.74. The van der Waals surface area contributed by atoms with Crippen LogP contribution in [-0.4, -0.2) is 42.4 Å². The van der Waals surface area contributed by atoms with Crippen molar-refractivity contribution in [3.63, 3.8) is 0 Å². The van der Waals surface area contributed by atoms with E-state index in [4.69, 9.17) is 19.7 Å². The third kappa shape index (κ3) is 1.59. The zero-order valence-corrected chi connectivity index (χ0v) is 7.61. The molecule has 0 aromatic carbocycles. The van der Waals surface area contributed by atoms with E-state index in [1.54, 1.807) is 0 Å². The third-order valence-electron chi connectivity index (χ3n) is 3.10. The minimum atomic E-state index is -0.485. The quantitative estimate of drug-likeness (QED) is 0.627. The molecule has 1 aliphatic carbocycles. The largest absolute Gasteiger partial charge is 0.396 e. The maximum Gasteiger partial charge on any atom is 0.169 e. The highest BCUT2D eigenvalue weighted by molar-refractivity contribution is 4.91. The van der Waals surface area contributed by atoms with E-state index in [0.29, 0.717) is 26.1 Å². The van der Waals surface area contributed by atoms with Gasteiger partial charge < -0.3 is 19.7 Å². The van der Waals surface area contributed by atoms with Gasteiger partial charge in [0.2, 0.25) is 0 Å². The zero-order valence-electron chi connectivity index (χ0n) is 7.61. The monoisotopic (exact) mass is 188 g/mol. The second-order valence-corrected chi connectivity index (χ2v) is 3.90. The molecule has 2 rings (SSSR count). The Bertz CT molecular complexity index is 162. The van der Waals surface area contributed by atoms with Crippen LogP contribution >= 0.6 is 0 Å². The molecule has 0 radical (unpaired) electrons. The second-order valence-electron chi connectivity index (χ2n) is 3.90. The summed E-state index contributed by atoms with van der Waals surface area (Å²) in [5.74, 6) is -0.230. The molecule has 0 amide bonds. The molecule has 0 aromatic rings. The van der Waals surface area contributed by atoms with Crippen LogP contribution in [-0.2, 0) is 9.47 Å². The van der Waals surface area contributed by atoms with Gasteiger partial charge in [-0.15, -0.1) is 0 Å². The molecule has 4 heteroatoms. The van der Waals surface area contributed by atoms with Crippen LogP contribution in [0.15, 0.2) is 0 Å². The van der Waals surface area contributed by atoms with E-state index in [1.165, 1.54) is 0 Å². The van der Waals surface area contributed by atoms with Gasteiger partial charge in [0.1, 0.15) is 0 Å². The first kappa shape index (κ1) is 9.40. The van der Waals surface area contributed by atoms with Gasteiger partial charge in [0.05, 0.1) is 13.2 Å². The SMILES string of the molecule is OC[C@@H]1CC2(C[C@H]1CO)OCCO2. The summed E-state index contributed by atoms with van der Waals surface area (Å²) in [7, 11) is 0. The molecular formula is C9H16O4. The van der Waals surface area contributed by atoms with Crippen LogP contribution in [0.2, 0.25) is 0 Å². The average molecular weight is 188 g/mol. The maximum atomic E-state index is 9.09. The van der Waals surface area contributed by atoms with Crippen LogP contribution in [0.3, 0.4) is 0 Å². The lowest BCUT2D eigenvalue weighted by atomic mass is 9.98. The molecule has 1 saturated carbocycles. The van der Waals surface area contributed by atoms with Gasteiger partial charge in [-0.1, -0.05) is 0 Å². The molecule has 0 unspecified atom stereocenters. The van der Waals surface area contributed by atoms with Gasteiger partial charge in [0.15, 0.2) is 5.79 Å². The standard InChI is InChI=1S/C9H16O4/c10-5-7-3-9(4-8(7)6-11)12-1-2-13-9/h7-8,10-11H,1-6H2/t7-,8-/m0/s1. The molecule has 2 fully saturated rings. The Kier molecular flexibility index (Phi) is 2.55. The van der Waals surface area contributed by atoms with Crippen molar-refractivity contribution in [1.82, 2.24) is 0 Å². The Labute approximate surface area is 77.5 Å². The molecule has 1 spiro atoms. The Balaban J connectivity index is 2.03.